The summed E-state index contributed by atoms with van der Waals surface area (Å²) in [6, 6.07) is 62.5. The van der Waals surface area contributed by atoms with Crippen molar-refractivity contribution in [2.45, 2.75) is 0 Å². The van der Waals surface area contributed by atoms with Gasteiger partial charge in [-0.1, -0.05) is 127 Å². The van der Waals surface area contributed by atoms with Crippen molar-refractivity contribution in [3.63, 3.8) is 0 Å². The molecule has 10 aromatic rings. The first-order valence-corrected chi connectivity index (χ1v) is 17.6. The number of nitrogens with zero attached hydrogens (tertiary/aromatic N) is 3. The molecule has 0 radical (unpaired) electrons. The zero-order valence-electron chi connectivity index (χ0n) is 27.0. The van der Waals surface area contributed by atoms with Crippen LogP contribution in [-0.2, 0) is 0 Å². The molecule has 0 spiro atoms. The summed E-state index contributed by atoms with van der Waals surface area (Å²) in [4.78, 5) is 10.5. The van der Waals surface area contributed by atoms with Gasteiger partial charge in [0.05, 0.1) is 22.4 Å². The summed E-state index contributed by atoms with van der Waals surface area (Å²) in [5, 5.41) is 5.02. The second-order valence-corrected chi connectivity index (χ2v) is 13.7. The molecule has 0 saturated carbocycles. The molecule has 4 heteroatoms. The van der Waals surface area contributed by atoms with Crippen molar-refractivity contribution in [2.75, 3.05) is 0 Å². The Hall–Kier alpha value is -6.36. The number of para-hydroxylation sites is 2. The molecule has 0 aliphatic rings. The van der Waals surface area contributed by atoms with Gasteiger partial charge in [-0.2, -0.15) is 0 Å². The smallest absolute Gasteiger partial charge is 0.160 e. The molecule has 10 rings (SSSR count). The van der Waals surface area contributed by atoms with E-state index in [0.29, 0.717) is 5.82 Å². The molecule has 0 fully saturated rings. The minimum absolute atomic E-state index is 0.704. The molecule has 234 valence electrons. The highest BCUT2D eigenvalue weighted by Gasteiger charge is 2.17. The Bertz CT molecular complexity index is 2870. The van der Waals surface area contributed by atoms with Gasteiger partial charge in [-0.05, 0) is 59.7 Å². The zero-order chi connectivity index (χ0) is 33.0. The molecule has 0 amide bonds. The van der Waals surface area contributed by atoms with Crippen molar-refractivity contribution < 1.29 is 0 Å². The van der Waals surface area contributed by atoms with Crippen LogP contribution in [-0.4, -0.2) is 14.5 Å². The Balaban J connectivity index is 1.19. The number of hydrogen-bond acceptors (Lipinski definition) is 3. The van der Waals surface area contributed by atoms with Gasteiger partial charge < -0.3 is 4.57 Å². The van der Waals surface area contributed by atoms with Crippen LogP contribution in [0.4, 0.5) is 0 Å². The van der Waals surface area contributed by atoms with E-state index in [1.807, 2.05) is 17.4 Å². The van der Waals surface area contributed by atoms with E-state index in [0.717, 1.165) is 44.8 Å². The monoisotopic (exact) mass is 655 g/mol. The molecule has 3 heterocycles. The van der Waals surface area contributed by atoms with Crippen molar-refractivity contribution in [3.05, 3.63) is 176 Å². The molecule has 50 heavy (non-hydrogen) atoms. The van der Waals surface area contributed by atoms with Crippen LogP contribution >= 0.6 is 11.3 Å². The fraction of sp³-hybridized carbons (Fsp3) is 0. The Labute approximate surface area is 293 Å². The summed E-state index contributed by atoms with van der Waals surface area (Å²) < 4.78 is 4.91. The quantitative estimate of drug-likeness (QED) is 0.185. The molecule has 0 unspecified atom stereocenters. The Morgan fingerprint density at radius 1 is 0.360 bits per heavy atom. The molecule has 0 aliphatic carbocycles. The van der Waals surface area contributed by atoms with Crippen LogP contribution < -0.4 is 0 Å². The van der Waals surface area contributed by atoms with Crippen molar-refractivity contribution in [1.82, 2.24) is 14.5 Å². The van der Waals surface area contributed by atoms with Crippen molar-refractivity contribution in [2.24, 2.45) is 0 Å². The number of benzene rings is 7. The van der Waals surface area contributed by atoms with E-state index in [1.165, 1.54) is 42.0 Å². The van der Waals surface area contributed by atoms with E-state index in [-0.39, 0.29) is 0 Å². The summed E-state index contributed by atoms with van der Waals surface area (Å²) in [7, 11) is 0. The van der Waals surface area contributed by atoms with Gasteiger partial charge in [0.2, 0.25) is 0 Å². The van der Waals surface area contributed by atoms with Crippen molar-refractivity contribution >= 4 is 53.3 Å². The van der Waals surface area contributed by atoms with E-state index in [4.69, 9.17) is 9.97 Å². The Kier molecular flexibility index (Phi) is 6.68. The van der Waals surface area contributed by atoms with E-state index in [2.05, 4.69) is 174 Å². The first-order chi connectivity index (χ1) is 24.8. The minimum atomic E-state index is 0.704. The highest BCUT2D eigenvalue weighted by atomic mass is 32.1. The normalized spacial score (nSPS) is 11.6. The van der Waals surface area contributed by atoms with Crippen molar-refractivity contribution in [1.29, 1.82) is 0 Å². The number of hydrogen-bond donors (Lipinski definition) is 0. The van der Waals surface area contributed by atoms with Crippen LogP contribution in [0.15, 0.2) is 176 Å². The van der Waals surface area contributed by atoms with Crippen LogP contribution in [0.2, 0.25) is 0 Å². The van der Waals surface area contributed by atoms with Gasteiger partial charge in [0.25, 0.3) is 0 Å². The largest absolute Gasteiger partial charge is 0.309 e. The third-order valence-corrected chi connectivity index (χ3v) is 10.7. The maximum atomic E-state index is 5.28. The predicted octanol–water partition coefficient (Wildman–Crippen LogP) is 12.6. The molecule has 0 aliphatic heterocycles. The fourth-order valence-corrected chi connectivity index (χ4v) is 8.36. The summed E-state index contributed by atoms with van der Waals surface area (Å²) >= 11 is 1.83. The Morgan fingerprint density at radius 3 is 1.78 bits per heavy atom. The standard InChI is InChI=1S/C46H29N3S/c1-3-12-30(13-4-1)31-14-11-15-34(26-31)46-47-40(29-41(48-46)33-23-25-39-38-19-8-10-21-44(38)50-45(39)28-33)32-22-24-37-36-18-7-9-20-42(36)49(43(37)27-32)35-16-5-2-6-17-35/h1-29H. The molecular weight excluding hydrogens is 627 g/mol. The number of rotatable bonds is 5. The topological polar surface area (TPSA) is 30.7 Å². The van der Waals surface area contributed by atoms with Gasteiger partial charge in [-0.25, -0.2) is 9.97 Å². The average molecular weight is 656 g/mol. The third-order valence-electron chi connectivity index (χ3n) is 9.61. The molecule has 7 aromatic carbocycles. The average Bonchev–Trinajstić information content (AvgIpc) is 3.73. The second kappa shape index (κ2) is 11.7. The summed E-state index contributed by atoms with van der Waals surface area (Å²) in [5.74, 6) is 0.704. The third kappa shape index (κ3) is 4.80. The van der Waals surface area contributed by atoms with Gasteiger partial charge in [0.1, 0.15) is 0 Å². The van der Waals surface area contributed by atoms with E-state index >= 15 is 0 Å². The summed E-state index contributed by atoms with van der Waals surface area (Å²) in [6.45, 7) is 0. The lowest BCUT2D eigenvalue weighted by Crippen LogP contribution is -1.97. The molecule has 3 aromatic heterocycles. The maximum absolute atomic E-state index is 5.28. The first-order valence-electron chi connectivity index (χ1n) is 16.8. The van der Waals surface area contributed by atoms with Gasteiger partial charge in [0, 0.05) is 53.3 Å². The maximum Gasteiger partial charge on any atom is 0.160 e. The van der Waals surface area contributed by atoms with Crippen LogP contribution in [0.25, 0.3) is 92.7 Å². The van der Waals surface area contributed by atoms with E-state index in [9.17, 15) is 0 Å². The number of fused-ring (bicyclic) bond motifs is 6. The lowest BCUT2D eigenvalue weighted by molar-refractivity contribution is 1.17. The molecule has 3 nitrogen and oxygen atoms in total. The van der Waals surface area contributed by atoms with Crippen LogP contribution in [0, 0.1) is 0 Å². The first kappa shape index (κ1) is 28.6. The molecule has 0 saturated heterocycles. The number of aromatic nitrogens is 3. The van der Waals surface area contributed by atoms with Gasteiger partial charge in [0.15, 0.2) is 5.82 Å². The zero-order valence-corrected chi connectivity index (χ0v) is 27.8. The summed E-state index contributed by atoms with van der Waals surface area (Å²) in [5.41, 5.74) is 10.7. The van der Waals surface area contributed by atoms with Crippen LogP contribution in [0.1, 0.15) is 0 Å². The molecular formula is C46H29N3S. The van der Waals surface area contributed by atoms with E-state index in [1.54, 1.807) is 0 Å². The van der Waals surface area contributed by atoms with Crippen molar-refractivity contribution in [3.8, 4) is 50.7 Å². The Morgan fingerprint density at radius 2 is 0.960 bits per heavy atom. The number of thiophene rings is 1. The lowest BCUT2D eigenvalue weighted by atomic mass is 10.0. The molecule has 0 bridgehead atoms. The van der Waals surface area contributed by atoms with Gasteiger partial charge in [-0.15, -0.1) is 11.3 Å². The highest BCUT2D eigenvalue weighted by molar-refractivity contribution is 7.25. The predicted molar refractivity (Wildman–Crippen MR) is 211 cm³/mol. The lowest BCUT2D eigenvalue weighted by Gasteiger charge is -2.12. The molecule has 0 atom stereocenters. The SMILES string of the molecule is c1ccc(-c2cccc(-c3nc(-c4ccc5c(c4)sc4ccccc45)cc(-c4ccc5c6ccccc6n(-c6ccccc6)c5c4)n3)c2)cc1. The summed E-state index contributed by atoms with van der Waals surface area (Å²) in [6.07, 6.45) is 0. The van der Waals surface area contributed by atoms with Crippen LogP contribution in [0.5, 0.6) is 0 Å². The minimum Gasteiger partial charge on any atom is -0.309 e. The second-order valence-electron chi connectivity index (χ2n) is 12.6. The van der Waals surface area contributed by atoms with Crippen LogP contribution in [0.3, 0.4) is 0 Å². The van der Waals surface area contributed by atoms with E-state index < -0.39 is 0 Å². The van der Waals surface area contributed by atoms with Gasteiger partial charge in [-0.3, -0.25) is 0 Å². The van der Waals surface area contributed by atoms with Gasteiger partial charge >= 0.3 is 0 Å². The molecule has 0 N–H and O–H groups in total. The fourth-order valence-electron chi connectivity index (χ4n) is 7.21. The highest BCUT2D eigenvalue weighted by Crippen LogP contribution is 2.39.